The third-order valence-electron chi connectivity index (χ3n) is 6.65. The quantitative estimate of drug-likeness (QED) is 0.527. The van der Waals surface area contributed by atoms with Crippen LogP contribution in [-0.2, 0) is 5.41 Å². The van der Waals surface area contributed by atoms with Crippen LogP contribution in [-0.4, -0.2) is 41.8 Å². The van der Waals surface area contributed by atoms with Crippen molar-refractivity contribution in [3.63, 3.8) is 0 Å². The average molecular weight is 496 g/mol. The van der Waals surface area contributed by atoms with Gasteiger partial charge in [0, 0.05) is 42.1 Å². The number of amides is 1. The molecule has 1 amide bonds. The molecule has 3 heterocycles. The van der Waals surface area contributed by atoms with Gasteiger partial charge in [-0.3, -0.25) is 9.79 Å². The van der Waals surface area contributed by atoms with E-state index in [4.69, 9.17) is 0 Å². The van der Waals surface area contributed by atoms with E-state index >= 15 is 4.39 Å². The van der Waals surface area contributed by atoms with Crippen molar-refractivity contribution in [3.05, 3.63) is 76.2 Å². The second-order valence-corrected chi connectivity index (χ2v) is 9.53. The number of carbonyl (C=O) groups excluding carboxylic acids is 1. The topological polar surface area (TPSA) is 106 Å². The fourth-order valence-electron chi connectivity index (χ4n) is 4.52. The van der Waals surface area contributed by atoms with Crippen LogP contribution in [0, 0.1) is 24.1 Å². The number of nitrogens with one attached hydrogen (secondary N) is 2. The summed E-state index contributed by atoms with van der Waals surface area (Å²) < 4.78 is 16.1. The molecule has 0 saturated heterocycles. The number of hydrogen-bond acceptors (Lipinski definition) is 7. The maximum absolute atomic E-state index is 16.1. The van der Waals surface area contributed by atoms with Gasteiger partial charge in [0.2, 0.25) is 5.95 Å². The summed E-state index contributed by atoms with van der Waals surface area (Å²) in [6.45, 7) is 6.59. The summed E-state index contributed by atoms with van der Waals surface area (Å²) in [5, 5.41) is 15.1. The molecule has 0 atom stereocenters. The maximum atomic E-state index is 16.1. The number of halogens is 1. The number of anilines is 3. The first-order valence-corrected chi connectivity index (χ1v) is 11.9. The minimum absolute atomic E-state index is 0.0640. The molecule has 0 bridgehead atoms. The second kappa shape index (κ2) is 9.13. The molecule has 0 fully saturated rings. The van der Waals surface area contributed by atoms with Crippen molar-refractivity contribution in [2.24, 2.45) is 4.99 Å². The lowest BCUT2D eigenvalue weighted by Crippen LogP contribution is -2.33. The molecule has 8 nitrogen and oxygen atoms in total. The van der Waals surface area contributed by atoms with Gasteiger partial charge >= 0.3 is 0 Å². The van der Waals surface area contributed by atoms with Crippen molar-refractivity contribution < 1.29 is 9.18 Å². The van der Waals surface area contributed by atoms with Crippen LogP contribution in [0.25, 0.3) is 11.6 Å². The van der Waals surface area contributed by atoms with Gasteiger partial charge in [0.15, 0.2) is 5.82 Å². The minimum atomic E-state index is -0.756. The Morgan fingerprint density at radius 3 is 2.81 bits per heavy atom. The summed E-state index contributed by atoms with van der Waals surface area (Å²) >= 11 is 0. The predicted octanol–water partition coefficient (Wildman–Crippen LogP) is 4.79. The van der Waals surface area contributed by atoms with Gasteiger partial charge in [0.25, 0.3) is 5.91 Å². The molecular weight excluding hydrogens is 469 g/mol. The van der Waals surface area contributed by atoms with Crippen LogP contribution >= 0.6 is 0 Å². The largest absolute Gasteiger partial charge is 0.357 e. The first kappa shape index (κ1) is 24.1. The SMILES string of the molecule is CNc1ncc2c(n1)N1CCN=C1C(c1c(C)ccc(NC(=O)c3cccc(C(C)(C)C#N)c3)c1F)=C2. The van der Waals surface area contributed by atoms with E-state index in [1.54, 1.807) is 63.5 Å². The highest BCUT2D eigenvalue weighted by Crippen LogP contribution is 2.38. The zero-order valence-electron chi connectivity index (χ0n) is 21.1. The Balaban J connectivity index is 1.53. The number of aryl methyl sites for hydroxylation is 1. The molecule has 9 heteroatoms. The van der Waals surface area contributed by atoms with Crippen molar-refractivity contribution >= 4 is 40.8 Å². The third kappa shape index (κ3) is 4.20. The van der Waals surface area contributed by atoms with E-state index in [9.17, 15) is 10.1 Å². The number of aliphatic imine (C=N–C) groups is 1. The number of amidine groups is 1. The lowest BCUT2D eigenvalue weighted by Gasteiger charge is -2.28. The molecule has 0 radical (unpaired) electrons. The Bertz CT molecular complexity index is 1530. The number of nitrogens with zero attached hydrogens (tertiary/aromatic N) is 5. The van der Waals surface area contributed by atoms with E-state index in [1.807, 2.05) is 17.9 Å². The normalized spacial score (nSPS) is 14.2. The molecule has 2 N–H and O–H groups in total. The molecule has 186 valence electrons. The van der Waals surface area contributed by atoms with Crippen molar-refractivity contribution in [1.82, 2.24) is 9.97 Å². The number of carbonyl (C=O) groups is 1. The summed E-state index contributed by atoms with van der Waals surface area (Å²) in [5.41, 5.74) is 2.83. The Morgan fingerprint density at radius 1 is 1.24 bits per heavy atom. The van der Waals surface area contributed by atoms with Crippen molar-refractivity contribution in [1.29, 1.82) is 5.26 Å². The highest BCUT2D eigenvalue weighted by atomic mass is 19.1. The fraction of sp³-hybridized carbons (Fsp3) is 0.250. The highest BCUT2D eigenvalue weighted by Gasteiger charge is 2.33. The summed E-state index contributed by atoms with van der Waals surface area (Å²) in [5.74, 6) is 0.863. The Labute approximate surface area is 214 Å². The van der Waals surface area contributed by atoms with Crippen LogP contribution in [0.4, 0.5) is 21.8 Å². The first-order valence-electron chi connectivity index (χ1n) is 11.9. The van der Waals surface area contributed by atoms with Crippen molar-refractivity contribution in [3.8, 4) is 6.07 Å². The summed E-state index contributed by atoms with van der Waals surface area (Å²) in [7, 11) is 1.75. The zero-order chi connectivity index (χ0) is 26.3. The van der Waals surface area contributed by atoms with E-state index in [-0.39, 0.29) is 5.69 Å². The molecule has 5 rings (SSSR count). The lowest BCUT2D eigenvalue weighted by atomic mass is 9.85. The number of hydrogen-bond donors (Lipinski definition) is 2. The van der Waals surface area contributed by atoms with Crippen LogP contribution in [0.1, 0.15) is 46.5 Å². The standard InChI is InChI=1S/C28H26FN7O/c1-16-8-9-21(34-26(37)17-6-5-7-19(12-17)28(2,3)15-30)23(29)22(16)20-13-18-14-33-27(31-4)35-24(18)36-11-10-32-25(20)36/h5-9,12-14H,10-11H2,1-4H3,(H,34,37)(H,31,33,35). The Hall–Kier alpha value is -4.58. The molecule has 0 spiro atoms. The monoisotopic (exact) mass is 495 g/mol. The van der Waals surface area contributed by atoms with Gasteiger partial charge in [-0.05, 0) is 56.2 Å². The Morgan fingerprint density at radius 2 is 2.05 bits per heavy atom. The van der Waals surface area contributed by atoms with Crippen LogP contribution in [0.3, 0.4) is 0 Å². The smallest absolute Gasteiger partial charge is 0.255 e. The molecule has 2 aliphatic rings. The zero-order valence-corrected chi connectivity index (χ0v) is 21.1. The highest BCUT2D eigenvalue weighted by molar-refractivity contribution is 6.36. The minimum Gasteiger partial charge on any atom is -0.357 e. The van der Waals surface area contributed by atoms with E-state index in [1.165, 1.54) is 0 Å². The van der Waals surface area contributed by atoms with Crippen molar-refractivity contribution in [2.45, 2.75) is 26.2 Å². The summed E-state index contributed by atoms with van der Waals surface area (Å²) in [4.78, 5) is 28.6. The predicted molar refractivity (Wildman–Crippen MR) is 143 cm³/mol. The number of aromatic nitrogens is 2. The summed E-state index contributed by atoms with van der Waals surface area (Å²) in [6, 6.07) is 12.4. The Kier molecular flexibility index (Phi) is 5.96. The van der Waals surface area contributed by atoms with Crippen LogP contribution in [0.15, 0.2) is 47.6 Å². The molecule has 1 aromatic heterocycles. The molecule has 2 aromatic carbocycles. The van der Waals surface area contributed by atoms with Gasteiger partial charge in [0.05, 0.1) is 23.7 Å². The van der Waals surface area contributed by atoms with Gasteiger partial charge < -0.3 is 15.5 Å². The molecule has 0 unspecified atom stereocenters. The number of benzene rings is 2. The number of nitriles is 1. The van der Waals surface area contributed by atoms with E-state index in [0.717, 1.165) is 11.4 Å². The number of fused-ring (bicyclic) bond motifs is 3. The van der Waals surface area contributed by atoms with E-state index < -0.39 is 17.1 Å². The van der Waals surface area contributed by atoms with Crippen LogP contribution in [0.5, 0.6) is 0 Å². The van der Waals surface area contributed by atoms with Crippen LogP contribution in [0.2, 0.25) is 0 Å². The van der Waals surface area contributed by atoms with Gasteiger partial charge in [-0.2, -0.15) is 10.2 Å². The second-order valence-electron chi connectivity index (χ2n) is 9.53. The molecule has 37 heavy (non-hydrogen) atoms. The fourth-order valence-corrected chi connectivity index (χ4v) is 4.52. The van der Waals surface area contributed by atoms with Gasteiger partial charge in [-0.25, -0.2) is 9.37 Å². The van der Waals surface area contributed by atoms with E-state index in [0.29, 0.717) is 52.7 Å². The summed E-state index contributed by atoms with van der Waals surface area (Å²) in [6.07, 6.45) is 3.55. The maximum Gasteiger partial charge on any atom is 0.255 e. The molecule has 3 aromatic rings. The molecule has 0 aliphatic carbocycles. The van der Waals surface area contributed by atoms with Gasteiger partial charge in [-0.15, -0.1) is 0 Å². The van der Waals surface area contributed by atoms with Gasteiger partial charge in [0.1, 0.15) is 11.7 Å². The molecular formula is C28H26FN7O. The van der Waals surface area contributed by atoms with Crippen LogP contribution < -0.4 is 15.5 Å². The van der Waals surface area contributed by atoms with Crippen molar-refractivity contribution in [2.75, 3.05) is 35.7 Å². The molecule has 0 saturated carbocycles. The third-order valence-corrected chi connectivity index (χ3v) is 6.65. The average Bonchev–Trinajstić information content (AvgIpc) is 3.41. The lowest BCUT2D eigenvalue weighted by molar-refractivity contribution is 0.102. The molecule has 2 aliphatic heterocycles. The van der Waals surface area contributed by atoms with E-state index in [2.05, 4.69) is 31.7 Å². The first-order chi connectivity index (χ1) is 17.7. The number of rotatable bonds is 5. The van der Waals surface area contributed by atoms with Gasteiger partial charge in [-0.1, -0.05) is 18.2 Å².